The normalized spacial score (nSPS) is 10.2. The molecular weight excluding hydrogens is 267 g/mol. The van der Waals surface area contributed by atoms with Crippen molar-refractivity contribution in [2.24, 2.45) is 0 Å². The molecule has 2 rings (SSSR count). The Morgan fingerprint density at radius 3 is 2.63 bits per heavy atom. The average molecular weight is 278 g/mol. The molecule has 0 saturated carbocycles. The molecule has 0 atom stereocenters. The molecule has 0 radical (unpaired) electrons. The van der Waals surface area contributed by atoms with Crippen molar-refractivity contribution in [2.75, 3.05) is 0 Å². The zero-order valence-corrected chi connectivity index (χ0v) is 10.7. The summed E-state index contributed by atoms with van der Waals surface area (Å²) in [6, 6.07) is 10.3. The molecule has 1 amide bonds. The van der Waals surface area contributed by atoms with Crippen LogP contribution in [0.2, 0.25) is 0 Å². The van der Waals surface area contributed by atoms with Gasteiger partial charge in [-0.15, -0.1) is 0 Å². The zero-order chi connectivity index (χ0) is 13.8. The van der Waals surface area contributed by atoms with Gasteiger partial charge in [0.25, 0.3) is 5.91 Å². The van der Waals surface area contributed by atoms with E-state index in [1.807, 2.05) is 0 Å². The fraction of sp³-hybridized carbons (Fsp3) is 0.0769. The number of hydrogen-bond acceptors (Lipinski definition) is 3. The van der Waals surface area contributed by atoms with Gasteiger partial charge in [-0.2, -0.15) is 4.73 Å². The number of nitrogens with zero attached hydrogens (tertiary/aromatic N) is 1. The maximum Gasteiger partial charge on any atom is 0.271 e. The first-order chi connectivity index (χ1) is 9.08. The van der Waals surface area contributed by atoms with Crippen LogP contribution in [0.3, 0.4) is 0 Å². The lowest BCUT2D eigenvalue weighted by Gasteiger charge is -2.08. The molecule has 6 heteroatoms. The molecule has 0 unspecified atom stereocenters. The fourth-order valence-corrected chi connectivity index (χ4v) is 1.71. The van der Waals surface area contributed by atoms with E-state index in [2.05, 4.69) is 5.32 Å². The molecular formula is C13H11FN2O2S. The van der Waals surface area contributed by atoms with Crippen LogP contribution in [0.25, 0.3) is 0 Å². The number of rotatable bonds is 3. The first-order valence-electron chi connectivity index (χ1n) is 5.52. The third-order valence-corrected chi connectivity index (χ3v) is 2.84. The Kier molecular flexibility index (Phi) is 3.91. The second kappa shape index (κ2) is 5.62. The van der Waals surface area contributed by atoms with Gasteiger partial charge in [-0.3, -0.25) is 4.79 Å². The highest BCUT2D eigenvalue weighted by Gasteiger charge is 2.09. The number of pyridine rings is 1. The topological polar surface area (TPSA) is 54.3 Å². The molecule has 2 N–H and O–H groups in total. The van der Waals surface area contributed by atoms with E-state index >= 15 is 0 Å². The van der Waals surface area contributed by atoms with Crippen LogP contribution in [-0.4, -0.2) is 15.8 Å². The number of hydrogen-bond donors (Lipinski definition) is 2. The minimum atomic E-state index is -0.460. The Morgan fingerprint density at radius 1 is 1.26 bits per heavy atom. The molecule has 0 bridgehead atoms. The molecule has 0 spiro atoms. The monoisotopic (exact) mass is 278 g/mol. The van der Waals surface area contributed by atoms with Gasteiger partial charge in [0.1, 0.15) is 16.2 Å². The van der Waals surface area contributed by atoms with Crippen LogP contribution in [0.1, 0.15) is 16.1 Å². The molecule has 4 nitrogen and oxygen atoms in total. The lowest BCUT2D eigenvalue weighted by molar-refractivity contribution is 0.0893. The van der Waals surface area contributed by atoms with Crippen LogP contribution < -0.4 is 5.32 Å². The first kappa shape index (κ1) is 13.2. The highest BCUT2D eigenvalue weighted by molar-refractivity contribution is 7.71. The van der Waals surface area contributed by atoms with Crippen molar-refractivity contribution in [3.8, 4) is 0 Å². The zero-order valence-electron chi connectivity index (χ0n) is 9.84. The largest absolute Gasteiger partial charge is 0.427 e. The lowest BCUT2D eigenvalue weighted by Crippen LogP contribution is -2.26. The van der Waals surface area contributed by atoms with Crippen LogP contribution in [0, 0.1) is 10.5 Å². The predicted octanol–water partition coefficient (Wildman–Crippen LogP) is 2.52. The van der Waals surface area contributed by atoms with E-state index in [0.29, 0.717) is 4.73 Å². The SMILES string of the molecule is O=C(NCc1ccc(F)cc1)c1cccc(=S)n1O. The van der Waals surface area contributed by atoms with Gasteiger partial charge in [-0.1, -0.05) is 30.4 Å². The summed E-state index contributed by atoms with van der Waals surface area (Å²) in [7, 11) is 0. The van der Waals surface area contributed by atoms with E-state index in [1.54, 1.807) is 18.2 Å². The van der Waals surface area contributed by atoms with Crippen LogP contribution >= 0.6 is 12.2 Å². The maximum atomic E-state index is 12.7. The number of nitrogens with one attached hydrogen (secondary N) is 1. The van der Waals surface area contributed by atoms with E-state index in [-0.39, 0.29) is 22.7 Å². The quantitative estimate of drug-likeness (QED) is 0.670. The summed E-state index contributed by atoms with van der Waals surface area (Å²) >= 11 is 4.84. The smallest absolute Gasteiger partial charge is 0.271 e. The van der Waals surface area contributed by atoms with Gasteiger partial charge in [0.15, 0.2) is 0 Å². The molecule has 1 aromatic carbocycles. The number of carbonyl (C=O) groups is 1. The van der Waals surface area contributed by atoms with Crippen molar-refractivity contribution >= 4 is 18.1 Å². The van der Waals surface area contributed by atoms with E-state index in [1.165, 1.54) is 24.3 Å². The van der Waals surface area contributed by atoms with Crippen LogP contribution in [0.4, 0.5) is 4.39 Å². The molecule has 0 saturated heterocycles. The number of amides is 1. The Balaban J connectivity index is 2.07. The average Bonchev–Trinajstić information content (AvgIpc) is 2.41. The van der Waals surface area contributed by atoms with Crippen molar-refractivity contribution in [3.05, 3.63) is 64.2 Å². The fourth-order valence-electron chi connectivity index (χ4n) is 1.53. The minimum absolute atomic E-state index is 0.0506. The van der Waals surface area contributed by atoms with Gasteiger partial charge < -0.3 is 10.5 Å². The standard InChI is InChI=1S/C13H11FN2O2S/c14-10-6-4-9(5-7-10)8-15-13(17)11-2-1-3-12(19)16(11)18/h1-7,18H,8H2,(H,15,17). The van der Waals surface area contributed by atoms with E-state index < -0.39 is 5.91 Å². The van der Waals surface area contributed by atoms with Gasteiger partial charge >= 0.3 is 0 Å². The summed E-state index contributed by atoms with van der Waals surface area (Å²) < 4.78 is 13.5. The van der Waals surface area contributed by atoms with Crippen molar-refractivity contribution < 1.29 is 14.4 Å². The van der Waals surface area contributed by atoms with Crippen molar-refractivity contribution in [2.45, 2.75) is 6.54 Å². The third kappa shape index (κ3) is 3.17. The lowest BCUT2D eigenvalue weighted by atomic mass is 10.2. The van der Waals surface area contributed by atoms with E-state index in [4.69, 9.17) is 12.2 Å². The summed E-state index contributed by atoms with van der Waals surface area (Å²) in [6.07, 6.45) is 0. The molecule has 0 aliphatic heterocycles. The minimum Gasteiger partial charge on any atom is -0.427 e. The van der Waals surface area contributed by atoms with Crippen molar-refractivity contribution in [3.63, 3.8) is 0 Å². The number of aromatic nitrogens is 1. The molecule has 1 heterocycles. The highest BCUT2D eigenvalue weighted by atomic mass is 32.1. The molecule has 19 heavy (non-hydrogen) atoms. The van der Waals surface area contributed by atoms with Crippen molar-refractivity contribution in [1.82, 2.24) is 10.0 Å². The second-order valence-corrected chi connectivity index (χ2v) is 4.29. The molecule has 1 aromatic heterocycles. The van der Waals surface area contributed by atoms with Crippen LogP contribution in [0.15, 0.2) is 42.5 Å². The van der Waals surface area contributed by atoms with Crippen LogP contribution in [-0.2, 0) is 6.54 Å². The van der Waals surface area contributed by atoms with Crippen molar-refractivity contribution in [1.29, 1.82) is 0 Å². The van der Waals surface area contributed by atoms with Gasteiger partial charge in [-0.25, -0.2) is 4.39 Å². The van der Waals surface area contributed by atoms with Gasteiger partial charge in [-0.05, 0) is 29.8 Å². The van der Waals surface area contributed by atoms with E-state index in [0.717, 1.165) is 5.56 Å². The Bertz CT molecular complexity index is 652. The summed E-state index contributed by atoms with van der Waals surface area (Å²) in [5.74, 6) is -0.791. The second-order valence-electron chi connectivity index (χ2n) is 3.87. The molecule has 0 aliphatic rings. The molecule has 98 valence electrons. The first-order valence-corrected chi connectivity index (χ1v) is 5.93. The summed E-state index contributed by atoms with van der Waals surface area (Å²) in [5.41, 5.74) is 0.809. The molecule has 0 fully saturated rings. The summed E-state index contributed by atoms with van der Waals surface area (Å²) in [5, 5.41) is 12.2. The van der Waals surface area contributed by atoms with E-state index in [9.17, 15) is 14.4 Å². The third-order valence-electron chi connectivity index (χ3n) is 2.53. The number of benzene rings is 1. The summed E-state index contributed by atoms with van der Waals surface area (Å²) in [4.78, 5) is 11.8. The number of carbonyl (C=O) groups excluding carboxylic acids is 1. The predicted molar refractivity (Wildman–Crippen MR) is 70.0 cm³/mol. The Hall–Kier alpha value is -2.21. The molecule has 2 aromatic rings. The maximum absolute atomic E-state index is 12.7. The molecule has 0 aliphatic carbocycles. The van der Waals surface area contributed by atoms with Gasteiger partial charge in [0.05, 0.1) is 0 Å². The highest BCUT2D eigenvalue weighted by Crippen LogP contribution is 2.04. The Morgan fingerprint density at radius 2 is 1.95 bits per heavy atom. The Labute approximate surface area is 114 Å². The van der Waals surface area contributed by atoms with Gasteiger partial charge in [0.2, 0.25) is 0 Å². The number of halogens is 1. The van der Waals surface area contributed by atoms with Gasteiger partial charge in [0, 0.05) is 6.54 Å². The van der Waals surface area contributed by atoms with Crippen LogP contribution in [0.5, 0.6) is 0 Å². The summed E-state index contributed by atoms with van der Waals surface area (Å²) in [6.45, 7) is 0.237.